The molecule has 0 aromatic carbocycles. The third kappa shape index (κ3) is 2.43. The molecule has 3 fully saturated rings. The Balaban J connectivity index is 0.000000160. The average Bonchev–Trinajstić information content (AvgIpc) is 3.22. The lowest BCUT2D eigenvalue weighted by atomic mass is 9.96. The molecule has 118 valence electrons. The molecule has 0 amide bonds. The van der Waals surface area contributed by atoms with Gasteiger partial charge in [-0.15, -0.1) is 0 Å². The lowest BCUT2D eigenvalue weighted by molar-refractivity contribution is -0.125. The fourth-order valence-corrected chi connectivity index (χ4v) is 3.19. The number of likely N-dealkylation sites (tertiary alicyclic amines) is 2. The molecule has 0 aromatic heterocycles. The maximum absolute atomic E-state index is 11.5. The van der Waals surface area contributed by atoms with Gasteiger partial charge < -0.3 is 0 Å². The van der Waals surface area contributed by atoms with Crippen molar-refractivity contribution in [3.63, 3.8) is 0 Å². The molecule has 0 aromatic rings. The summed E-state index contributed by atoms with van der Waals surface area (Å²) in [6.45, 7) is 4.91. The normalized spacial score (nSPS) is 32.3. The van der Waals surface area contributed by atoms with Crippen LogP contribution in [0.1, 0.15) is 26.7 Å². The minimum atomic E-state index is -0.444. The molecule has 2 heterocycles. The Labute approximate surface area is 131 Å². The van der Waals surface area contributed by atoms with Gasteiger partial charge in [0.1, 0.15) is 11.8 Å². The van der Waals surface area contributed by atoms with E-state index >= 15 is 0 Å². The summed E-state index contributed by atoms with van der Waals surface area (Å²) >= 11 is 0. The quantitative estimate of drug-likeness (QED) is 0.651. The van der Waals surface area contributed by atoms with Crippen LogP contribution in [0.3, 0.4) is 0 Å². The van der Waals surface area contributed by atoms with Crippen molar-refractivity contribution >= 4 is 11.6 Å². The Bertz CT molecular complexity index is 540. The largest absolute Gasteiger partial charge is 0.296 e. The number of rotatable bonds is 0. The van der Waals surface area contributed by atoms with Gasteiger partial charge in [0.05, 0.1) is 23.2 Å². The zero-order chi connectivity index (χ0) is 16.7. The predicted molar refractivity (Wildman–Crippen MR) is 79.5 cm³/mol. The van der Waals surface area contributed by atoms with Crippen LogP contribution in [-0.2, 0) is 9.59 Å². The second-order valence-corrected chi connectivity index (χ2v) is 6.94. The van der Waals surface area contributed by atoms with Gasteiger partial charge in [0, 0.05) is 13.1 Å². The van der Waals surface area contributed by atoms with E-state index in [1.165, 1.54) is 0 Å². The molecule has 2 unspecified atom stereocenters. The van der Waals surface area contributed by atoms with Crippen molar-refractivity contribution in [3.05, 3.63) is 0 Å². The van der Waals surface area contributed by atoms with Gasteiger partial charge in [0.15, 0.2) is 11.6 Å². The van der Waals surface area contributed by atoms with Crippen molar-refractivity contribution in [3.8, 4) is 12.1 Å². The van der Waals surface area contributed by atoms with Crippen molar-refractivity contribution in [2.75, 3.05) is 27.2 Å². The summed E-state index contributed by atoms with van der Waals surface area (Å²) < 4.78 is 0. The topological polar surface area (TPSA) is 88.2 Å². The Hall–Kier alpha value is -1.76. The molecule has 3 rings (SSSR count). The van der Waals surface area contributed by atoms with Gasteiger partial charge in [-0.05, 0) is 40.8 Å². The highest BCUT2D eigenvalue weighted by Gasteiger charge is 2.59. The van der Waals surface area contributed by atoms with Gasteiger partial charge in [-0.2, -0.15) is 10.5 Å². The number of carbonyl (C=O) groups is 2. The smallest absolute Gasteiger partial charge is 0.171 e. The van der Waals surface area contributed by atoms with Crippen LogP contribution in [0.25, 0.3) is 0 Å². The lowest BCUT2D eigenvalue weighted by Gasteiger charge is -2.24. The maximum atomic E-state index is 11.5. The van der Waals surface area contributed by atoms with E-state index in [-0.39, 0.29) is 23.0 Å². The van der Waals surface area contributed by atoms with E-state index in [1.54, 1.807) is 0 Å². The SMILES string of the molecule is CN1CC(C#N)C(=O)C1(C)C.CN1CC(C#N)C(=O)C12CC2. The lowest BCUT2D eigenvalue weighted by Crippen LogP contribution is -2.40. The van der Waals surface area contributed by atoms with Crippen LogP contribution < -0.4 is 0 Å². The first-order chi connectivity index (χ1) is 10.2. The van der Waals surface area contributed by atoms with E-state index in [2.05, 4.69) is 0 Å². The third-order valence-electron chi connectivity index (χ3n) is 5.33. The molecule has 0 radical (unpaired) electrons. The van der Waals surface area contributed by atoms with Crippen LogP contribution in [0.15, 0.2) is 0 Å². The number of carbonyl (C=O) groups excluding carboxylic acids is 2. The van der Waals surface area contributed by atoms with E-state index in [9.17, 15) is 9.59 Å². The predicted octanol–water partition coefficient (Wildman–Crippen LogP) is 0.593. The molecular weight excluding hydrogens is 280 g/mol. The molecule has 2 atom stereocenters. The van der Waals surface area contributed by atoms with Crippen LogP contribution >= 0.6 is 0 Å². The zero-order valence-corrected chi connectivity index (χ0v) is 13.6. The number of nitriles is 2. The van der Waals surface area contributed by atoms with Crippen LogP contribution in [0, 0.1) is 34.5 Å². The molecule has 0 bridgehead atoms. The minimum absolute atomic E-state index is 0.0440. The van der Waals surface area contributed by atoms with Gasteiger partial charge in [0.25, 0.3) is 0 Å². The maximum Gasteiger partial charge on any atom is 0.171 e. The van der Waals surface area contributed by atoms with E-state index < -0.39 is 11.5 Å². The van der Waals surface area contributed by atoms with Crippen LogP contribution in [0.2, 0.25) is 0 Å². The highest BCUT2D eigenvalue weighted by Crippen LogP contribution is 2.47. The highest BCUT2D eigenvalue weighted by atomic mass is 16.1. The summed E-state index contributed by atoms with van der Waals surface area (Å²) in [5.74, 6) is -0.581. The van der Waals surface area contributed by atoms with E-state index in [0.29, 0.717) is 13.1 Å². The molecule has 1 aliphatic carbocycles. The van der Waals surface area contributed by atoms with Crippen molar-refractivity contribution in [2.24, 2.45) is 11.8 Å². The first-order valence-corrected chi connectivity index (χ1v) is 7.51. The summed E-state index contributed by atoms with van der Waals surface area (Å²) in [5.41, 5.74) is -0.638. The third-order valence-corrected chi connectivity index (χ3v) is 5.33. The summed E-state index contributed by atoms with van der Waals surface area (Å²) in [6, 6.07) is 4.06. The summed E-state index contributed by atoms with van der Waals surface area (Å²) in [5, 5.41) is 17.2. The molecule has 0 N–H and O–H groups in total. The first kappa shape index (κ1) is 16.6. The van der Waals surface area contributed by atoms with Crippen LogP contribution in [0.4, 0.5) is 0 Å². The van der Waals surface area contributed by atoms with E-state index in [4.69, 9.17) is 10.5 Å². The molecule has 6 nitrogen and oxygen atoms in total. The molecule has 3 aliphatic rings. The van der Waals surface area contributed by atoms with Gasteiger partial charge in [0.2, 0.25) is 0 Å². The van der Waals surface area contributed by atoms with E-state index in [1.807, 2.05) is 49.9 Å². The number of hydrogen-bond donors (Lipinski definition) is 0. The number of hydrogen-bond acceptors (Lipinski definition) is 6. The second-order valence-electron chi connectivity index (χ2n) is 6.94. The Morgan fingerprint density at radius 2 is 1.41 bits per heavy atom. The molecule has 6 heteroatoms. The fraction of sp³-hybridized carbons (Fsp3) is 0.750. The second kappa shape index (κ2) is 5.46. The fourth-order valence-electron chi connectivity index (χ4n) is 3.19. The number of Topliss-reactive ketones (excluding diaryl/α,β-unsaturated/α-hetero) is 2. The highest BCUT2D eigenvalue weighted by molar-refractivity contribution is 5.97. The number of ketones is 2. The first-order valence-electron chi connectivity index (χ1n) is 7.51. The van der Waals surface area contributed by atoms with Crippen molar-refractivity contribution in [2.45, 2.75) is 37.8 Å². The van der Waals surface area contributed by atoms with Gasteiger partial charge in [-0.1, -0.05) is 0 Å². The Morgan fingerprint density at radius 1 is 0.955 bits per heavy atom. The van der Waals surface area contributed by atoms with Gasteiger partial charge in [-0.25, -0.2) is 0 Å². The molecular formula is C16H22N4O2. The average molecular weight is 302 g/mol. The molecule has 2 aliphatic heterocycles. The molecule has 2 saturated heterocycles. The summed E-state index contributed by atoms with van der Waals surface area (Å²) in [4.78, 5) is 26.8. The summed E-state index contributed by atoms with van der Waals surface area (Å²) in [6.07, 6.45) is 1.92. The van der Waals surface area contributed by atoms with Gasteiger partial charge in [-0.3, -0.25) is 19.4 Å². The number of likely N-dealkylation sites (N-methyl/N-ethyl adjacent to an activating group) is 2. The standard InChI is InChI=1S/C8H10N2O.C8H12N2O/c1-10-5-6(4-9)7(11)8(10)2-3-8;1-8(2)7(11)6(4-9)5-10(8)3/h6H,2-3,5H2,1H3;6H,5H2,1-3H3. The van der Waals surface area contributed by atoms with Crippen molar-refractivity contribution < 1.29 is 9.59 Å². The zero-order valence-electron chi connectivity index (χ0n) is 13.6. The molecule has 1 saturated carbocycles. The van der Waals surface area contributed by atoms with Crippen LogP contribution in [-0.4, -0.2) is 59.6 Å². The molecule has 22 heavy (non-hydrogen) atoms. The monoisotopic (exact) mass is 302 g/mol. The van der Waals surface area contributed by atoms with Crippen molar-refractivity contribution in [1.29, 1.82) is 10.5 Å². The van der Waals surface area contributed by atoms with E-state index in [0.717, 1.165) is 12.8 Å². The van der Waals surface area contributed by atoms with Crippen LogP contribution in [0.5, 0.6) is 0 Å². The molecule has 1 spiro atoms. The Morgan fingerprint density at radius 3 is 1.64 bits per heavy atom. The Kier molecular flexibility index (Phi) is 4.12. The van der Waals surface area contributed by atoms with Crippen molar-refractivity contribution in [1.82, 2.24) is 9.80 Å². The summed E-state index contributed by atoms with van der Waals surface area (Å²) in [7, 11) is 3.80. The number of nitrogens with zero attached hydrogens (tertiary/aromatic N) is 4. The minimum Gasteiger partial charge on any atom is -0.296 e. The van der Waals surface area contributed by atoms with Gasteiger partial charge >= 0.3 is 0 Å².